The second kappa shape index (κ2) is 10.1. The molecule has 0 aromatic heterocycles. The fourth-order valence-electron chi connectivity index (χ4n) is 4.41. The maximum absolute atomic E-state index is 13.8. The van der Waals surface area contributed by atoms with Crippen molar-refractivity contribution in [2.45, 2.75) is 70.3 Å². The lowest BCUT2D eigenvalue weighted by molar-refractivity contribution is -0.127. The number of rotatable bonds is 9. The number of carbonyl (C=O) groups excluding carboxylic acids is 2. The second-order valence-electron chi connectivity index (χ2n) is 8.00. The van der Waals surface area contributed by atoms with Gasteiger partial charge in [0.05, 0.1) is 5.41 Å². The minimum absolute atomic E-state index is 0.128. The van der Waals surface area contributed by atoms with Gasteiger partial charge in [0, 0.05) is 18.5 Å². The van der Waals surface area contributed by atoms with E-state index in [-0.39, 0.29) is 23.8 Å². The normalized spacial score (nSPS) is 22.9. The van der Waals surface area contributed by atoms with E-state index in [4.69, 9.17) is 5.73 Å². The number of aldehydes is 1. The van der Waals surface area contributed by atoms with Crippen LogP contribution in [0.1, 0.15) is 64.4 Å². The third-order valence-corrected chi connectivity index (χ3v) is 6.30. The molecule has 156 valence electrons. The molecule has 6 heteroatoms. The monoisotopic (exact) mass is 394 g/mol. The molecule has 1 aliphatic rings. The van der Waals surface area contributed by atoms with Crippen LogP contribution in [0.25, 0.3) is 0 Å². The number of halogens is 2. The molecule has 2 rings (SSSR count). The summed E-state index contributed by atoms with van der Waals surface area (Å²) in [5.74, 6) is -1.65. The molecule has 1 saturated carbocycles. The van der Waals surface area contributed by atoms with E-state index in [2.05, 4.69) is 5.32 Å². The molecule has 0 heterocycles. The highest BCUT2D eigenvalue weighted by Crippen LogP contribution is 2.35. The van der Waals surface area contributed by atoms with Crippen molar-refractivity contribution in [3.63, 3.8) is 0 Å². The highest BCUT2D eigenvalue weighted by Gasteiger charge is 2.38. The molecule has 1 amide bonds. The van der Waals surface area contributed by atoms with E-state index in [0.717, 1.165) is 50.5 Å². The molecule has 1 aliphatic carbocycles. The van der Waals surface area contributed by atoms with Gasteiger partial charge in [-0.15, -0.1) is 0 Å². The highest BCUT2D eigenvalue weighted by atomic mass is 19.2. The average molecular weight is 395 g/mol. The van der Waals surface area contributed by atoms with Crippen LogP contribution in [0.4, 0.5) is 8.78 Å². The van der Waals surface area contributed by atoms with Crippen molar-refractivity contribution in [2.24, 2.45) is 17.6 Å². The summed E-state index contributed by atoms with van der Waals surface area (Å²) < 4.78 is 27.2. The fourth-order valence-corrected chi connectivity index (χ4v) is 4.41. The minimum Gasteiger partial charge on any atom is -0.354 e. The third-order valence-electron chi connectivity index (χ3n) is 6.30. The van der Waals surface area contributed by atoms with Crippen LogP contribution < -0.4 is 11.1 Å². The summed E-state index contributed by atoms with van der Waals surface area (Å²) in [5.41, 5.74) is 5.90. The molecule has 3 N–H and O–H groups in total. The maximum atomic E-state index is 13.8. The lowest BCUT2D eigenvalue weighted by atomic mass is 9.73. The number of nitrogens with one attached hydrogen (secondary N) is 1. The van der Waals surface area contributed by atoms with Gasteiger partial charge >= 0.3 is 0 Å². The van der Waals surface area contributed by atoms with Crippen molar-refractivity contribution >= 4 is 12.2 Å². The van der Waals surface area contributed by atoms with Gasteiger partial charge < -0.3 is 15.8 Å². The molecule has 0 bridgehead atoms. The Kier molecular flexibility index (Phi) is 8.10. The summed E-state index contributed by atoms with van der Waals surface area (Å²) in [6.07, 6.45) is 6.25. The Bertz CT molecular complexity index is 675. The highest BCUT2D eigenvalue weighted by molar-refractivity contribution is 5.88. The molecule has 4 nitrogen and oxygen atoms in total. The molecule has 1 aromatic rings. The summed E-state index contributed by atoms with van der Waals surface area (Å²) in [7, 11) is 0. The zero-order chi connectivity index (χ0) is 20.7. The topological polar surface area (TPSA) is 72.2 Å². The summed E-state index contributed by atoms with van der Waals surface area (Å²) in [6, 6.07) is 3.53. The predicted octanol–water partition coefficient (Wildman–Crippen LogP) is 3.86. The first kappa shape index (κ1) is 22.5. The van der Waals surface area contributed by atoms with E-state index in [9.17, 15) is 18.4 Å². The van der Waals surface area contributed by atoms with Gasteiger partial charge in [0.15, 0.2) is 11.6 Å². The fraction of sp³-hybridized carbons (Fsp3) is 0.636. The van der Waals surface area contributed by atoms with Crippen LogP contribution in [-0.4, -0.2) is 24.8 Å². The van der Waals surface area contributed by atoms with Gasteiger partial charge in [0.1, 0.15) is 6.29 Å². The molecular formula is C22H32F2N2O2. The average Bonchev–Trinajstić information content (AvgIpc) is 2.72. The van der Waals surface area contributed by atoms with Crippen LogP contribution >= 0.6 is 0 Å². The van der Waals surface area contributed by atoms with Crippen LogP contribution in [-0.2, 0) is 15.0 Å². The Morgan fingerprint density at radius 1 is 1.25 bits per heavy atom. The van der Waals surface area contributed by atoms with Crippen LogP contribution in [0.15, 0.2) is 18.2 Å². The van der Waals surface area contributed by atoms with Crippen LogP contribution in [0, 0.1) is 23.5 Å². The van der Waals surface area contributed by atoms with Crippen molar-refractivity contribution in [1.29, 1.82) is 0 Å². The van der Waals surface area contributed by atoms with Gasteiger partial charge in [-0.3, -0.25) is 4.79 Å². The maximum Gasteiger partial charge on any atom is 0.230 e. The summed E-state index contributed by atoms with van der Waals surface area (Å²) in [4.78, 5) is 24.0. The van der Waals surface area contributed by atoms with Gasteiger partial charge in [-0.2, -0.15) is 0 Å². The van der Waals surface area contributed by atoms with E-state index < -0.39 is 17.0 Å². The zero-order valence-electron chi connectivity index (χ0n) is 16.8. The number of hydrogen-bond acceptors (Lipinski definition) is 3. The Labute approximate surface area is 166 Å². The summed E-state index contributed by atoms with van der Waals surface area (Å²) in [5, 5.41) is 2.96. The molecule has 2 unspecified atom stereocenters. The Morgan fingerprint density at radius 3 is 2.46 bits per heavy atom. The van der Waals surface area contributed by atoms with Gasteiger partial charge in [-0.1, -0.05) is 26.3 Å². The van der Waals surface area contributed by atoms with Crippen molar-refractivity contribution in [2.75, 3.05) is 6.54 Å². The minimum atomic E-state index is -0.942. The molecule has 28 heavy (non-hydrogen) atoms. The Hall–Kier alpha value is -1.82. The van der Waals surface area contributed by atoms with E-state index in [1.54, 1.807) is 0 Å². The molecule has 2 atom stereocenters. The van der Waals surface area contributed by atoms with Crippen LogP contribution in [0.5, 0.6) is 0 Å². The van der Waals surface area contributed by atoms with Crippen molar-refractivity contribution in [3.05, 3.63) is 35.4 Å². The summed E-state index contributed by atoms with van der Waals surface area (Å²) in [6.45, 7) is 4.19. The Balaban J connectivity index is 2.08. The quantitative estimate of drug-likeness (QED) is 0.625. The largest absolute Gasteiger partial charge is 0.354 e. The molecule has 0 radical (unpaired) electrons. The van der Waals surface area contributed by atoms with E-state index in [0.29, 0.717) is 24.9 Å². The first-order chi connectivity index (χ1) is 13.4. The van der Waals surface area contributed by atoms with Crippen LogP contribution in [0.2, 0.25) is 0 Å². The lowest BCUT2D eigenvalue weighted by Crippen LogP contribution is -2.49. The number of benzene rings is 1. The van der Waals surface area contributed by atoms with Gasteiger partial charge in [-0.05, 0) is 62.1 Å². The predicted molar refractivity (Wildman–Crippen MR) is 106 cm³/mol. The van der Waals surface area contributed by atoms with Gasteiger partial charge in [0.25, 0.3) is 0 Å². The van der Waals surface area contributed by atoms with Crippen molar-refractivity contribution in [3.8, 4) is 0 Å². The number of amides is 1. The van der Waals surface area contributed by atoms with Crippen LogP contribution in [0.3, 0.4) is 0 Å². The molecule has 1 aromatic carbocycles. The summed E-state index contributed by atoms with van der Waals surface area (Å²) >= 11 is 0. The molecule has 0 saturated heterocycles. The van der Waals surface area contributed by atoms with E-state index in [1.807, 2.05) is 13.8 Å². The third kappa shape index (κ3) is 4.96. The zero-order valence-corrected chi connectivity index (χ0v) is 16.8. The van der Waals surface area contributed by atoms with Crippen molar-refractivity contribution < 1.29 is 18.4 Å². The lowest BCUT2D eigenvalue weighted by Gasteiger charge is -2.34. The SMILES string of the molecule is CCCC(CC)(C(=O)NCC(N)C1CCC(C=O)CC1)c1ccc(F)c(F)c1. The van der Waals surface area contributed by atoms with Gasteiger partial charge in [-0.25, -0.2) is 8.78 Å². The molecule has 1 fully saturated rings. The molecule has 0 aliphatic heterocycles. The first-order valence-corrected chi connectivity index (χ1v) is 10.3. The molecular weight excluding hydrogens is 362 g/mol. The first-order valence-electron chi connectivity index (χ1n) is 10.3. The van der Waals surface area contributed by atoms with E-state index in [1.165, 1.54) is 6.07 Å². The molecule has 0 spiro atoms. The smallest absolute Gasteiger partial charge is 0.230 e. The van der Waals surface area contributed by atoms with Crippen molar-refractivity contribution in [1.82, 2.24) is 5.32 Å². The second-order valence-corrected chi connectivity index (χ2v) is 8.00. The number of nitrogens with two attached hydrogens (primary N) is 1. The van der Waals surface area contributed by atoms with E-state index >= 15 is 0 Å². The van der Waals surface area contributed by atoms with Gasteiger partial charge in [0.2, 0.25) is 5.91 Å². The standard InChI is InChI=1S/C22H32F2N2O2/c1-3-11-22(4-2,17-9-10-18(23)19(24)12-17)21(28)26-13-20(25)16-7-5-15(14-27)6-8-16/h9-10,12,14-16,20H,3-8,11,13,25H2,1-2H3,(H,26,28). The number of hydrogen-bond donors (Lipinski definition) is 2. The Morgan fingerprint density at radius 2 is 1.93 bits per heavy atom. The number of carbonyl (C=O) groups is 2.